The van der Waals surface area contributed by atoms with E-state index in [4.69, 9.17) is 38.9 Å². The standard InChI is InChI=1S/C52H52N2O12/c1-3-4-5-6-7-20-31-60-45-42(39-30-29-38(53)32-40(39)54(2)47(45)55)66-52-46(65-51(59)37-27-18-11-19-28-37)44(64-50(58)36-25-16-10-17-26-36)43(63-49(57)35-23-14-9-15-24-35)41(62-52)33-61-48(56)34-21-12-8-13-22-34/h8-19,21-30,32,41,43-44,46,52H,3-7,20,31,33,53H2,1-2H3/t41-,43-,44+,46-,52+/m1/s1. The van der Waals surface area contributed by atoms with Crippen molar-refractivity contribution in [1.82, 2.24) is 4.57 Å². The number of carbonyl (C=O) groups is 4. The first kappa shape index (κ1) is 46.5. The second-order valence-corrected chi connectivity index (χ2v) is 15.7. The van der Waals surface area contributed by atoms with Gasteiger partial charge in [0, 0.05) is 18.1 Å². The van der Waals surface area contributed by atoms with Crippen molar-refractivity contribution in [3.05, 3.63) is 172 Å². The van der Waals surface area contributed by atoms with Crippen LogP contribution >= 0.6 is 0 Å². The Morgan fingerprint density at radius 1 is 0.591 bits per heavy atom. The Bertz CT molecular complexity index is 2640. The minimum absolute atomic E-state index is 0.0854. The number of esters is 4. The van der Waals surface area contributed by atoms with Crippen molar-refractivity contribution in [1.29, 1.82) is 0 Å². The molecular formula is C52H52N2O12. The van der Waals surface area contributed by atoms with Crippen LogP contribution in [0.25, 0.3) is 10.9 Å². The molecule has 14 heteroatoms. The van der Waals surface area contributed by atoms with Crippen LogP contribution in [0.2, 0.25) is 0 Å². The van der Waals surface area contributed by atoms with Gasteiger partial charge in [-0.1, -0.05) is 112 Å². The molecule has 1 aliphatic heterocycles. The number of pyridine rings is 1. The van der Waals surface area contributed by atoms with Gasteiger partial charge in [-0.2, -0.15) is 0 Å². The first-order chi connectivity index (χ1) is 32.1. The Kier molecular flexibility index (Phi) is 15.8. The van der Waals surface area contributed by atoms with E-state index >= 15 is 0 Å². The molecule has 5 aromatic carbocycles. The van der Waals surface area contributed by atoms with Crippen LogP contribution in [-0.4, -0.2) is 72.4 Å². The zero-order chi connectivity index (χ0) is 46.4. The second-order valence-electron chi connectivity index (χ2n) is 15.7. The molecule has 2 heterocycles. The molecule has 0 spiro atoms. The number of fused-ring (bicyclic) bond motifs is 1. The van der Waals surface area contributed by atoms with E-state index in [9.17, 15) is 24.0 Å². The maximum Gasteiger partial charge on any atom is 0.338 e. The van der Waals surface area contributed by atoms with Crippen molar-refractivity contribution >= 4 is 40.5 Å². The number of nitrogen functional groups attached to an aromatic ring is 1. The number of aryl methyl sites for hydroxylation is 1. The summed E-state index contributed by atoms with van der Waals surface area (Å²) in [5.41, 5.74) is 7.01. The van der Waals surface area contributed by atoms with E-state index in [0.717, 1.165) is 32.1 Å². The van der Waals surface area contributed by atoms with E-state index in [1.807, 2.05) is 0 Å². The normalized spacial score (nSPS) is 17.9. The van der Waals surface area contributed by atoms with Gasteiger partial charge in [0.25, 0.3) is 5.56 Å². The highest BCUT2D eigenvalue weighted by atomic mass is 16.7. The largest absolute Gasteiger partial charge is 0.485 e. The zero-order valence-corrected chi connectivity index (χ0v) is 36.7. The minimum Gasteiger partial charge on any atom is -0.485 e. The number of aromatic nitrogens is 1. The van der Waals surface area contributed by atoms with Crippen molar-refractivity contribution in [2.24, 2.45) is 7.05 Å². The number of nitrogens with two attached hydrogens (primary N) is 1. The highest BCUT2D eigenvalue weighted by Gasteiger charge is 2.54. The van der Waals surface area contributed by atoms with Crippen LogP contribution in [0.5, 0.6) is 11.5 Å². The van der Waals surface area contributed by atoms with Gasteiger partial charge < -0.3 is 43.5 Å². The van der Waals surface area contributed by atoms with Crippen LogP contribution in [0.15, 0.2) is 144 Å². The molecule has 0 bridgehead atoms. The van der Waals surface area contributed by atoms with Crippen LogP contribution in [0, 0.1) is 0 Å². The molecule has 14 nitrogen and oxygen atoms in total. The van der Waals surface area contributed by atoms with Crippen molar-refractivity contribution < 1.29 is 52.3 Å². The molecular weight excluding hydrogens is 845 g/mol. The van der Waals surface area contributed by atoms with Crippen LogP contribution in [0.3, 0.4) is 0 Å². The third-order valence-electron chi connectivity index (χ3n) is 11.0. The minimum atomic E-state index is -1.75. The van der Waals surface area contributed by atoms with Gasteiger partial charge in [-0.3, -0.25) is 4.79 Å². The number of ether oxygens (including phenoxy) is 7. The molecule has 6 aromatic rings. The highest BCUT2D eigenvalue weighted by molar-refractivity contribution is 5.92. The van der Waals surface area contributed by atoms with Gasteiger partial charge in [0.15, 0.2) is 18.0 Å². The molecule has 7 rings (SSSR count). The Morgan fingerprint density at radius 2 is 1.08 bits per heavy atom. The molecule has 66 heavy (non-hydrogen) atoms. The van der Waals surface area contributed by atoms with Crippen LogP contribution in [-0.2, 0) is 30.7 Å². The predicted molar refractivity (Wildman–Crippen MR) is 245 cm³/mol. The molecule has 0 aliphatic carbocycles. The van der Waals surface area contributed by atoms with E-state index in [1.54, 1.807) is 110 Å². The zero-order valence-electron chi connectivity index (χ0n) is 36.7. The number of unbranched alkanes of at least 4 members (excludes halogenated alkanes) is 5. The topological polar surface area (TPSA) is 181 Å². The van der Waals surface area contributed by atoms with Crippen molar-refractivity contribution in [2.45, 2.75) is 76.2 Å². The quantitative estimate of drug-likeness (QED) is 0.0354. The monoisotopic (exact) mass is 896 g/mol. The number of benzene rings is 5. The number of hydrogen-bond acceptors (Lipinski definition) is 13. The number of rotatable bonds is 19. The lowest BCUT2D eigenvalue weighted by Gasteiger charge is -2.44. The Labute approximate surface area is 382 Å². The Balaban J connectivity index is 1.36. The lowest BCUT2D eigenvalue weighted by atomic mass is 9.97. The van der Waals surface area contributed by atoms with Crippen molar-refractivity contribution in [2.75, 3.05) is 18.9 Å². The summed E-state index contributed by atoms with van der Waals surface area (Å²) in [6.07, 6.45) is -2.43. The van der Waals surface area contributed by atoms with Crippen LogP contribution in [0.1, 0.15) is 86.9 Å². The fourth-order valence-corrected chi connectivity index (χ4v) is 7.54. The van der Waals surface area contributed by atoms with E-state index in [-0.39, 0.29) is 40.4 Å². The van der Waals surface area contributed by atoms with Crippen molar-refractivity contribution in [3.63, 3.8) is 0 Å². The lowest BCUT2D eigenvalue weighted by molar-refractivity contribution is -0.275. The molecule has 0 radical (unpaired) electrons. The van der Waals surface area contributed by atoms with E-state index < -0.39 is 66.7 Å². The summed E-state index contributed by atoms with van der Waals surface area (Å²) in [7, 11) is 1.58. The molecule has 0 saturated carbocycles. The molecule has 342 valence electrons. The smallest absolute Gasteiger partial charge is 0.338 e. The Morgan fingerprint density at radius 3 is 1.62 bits per heavy atom. The fraction of sp³-hybridized carbons (Fsp3) is 0.288. The summed E-state index contributed by atoms with van der Waals surface area (Å²) in [5.74, 6) is -3.58. The predicted octanol–water partition coefficient (Wildman–Crippen LogP) is 8.50. The van der Waals surface area contributed by atoms with Gasteiger partial charge in [0.1, 0.15) is 12.7 Å². The summed E-state index contributed by atoms with van der Waals surface area (Å²) in [6, 6.07) is 37.2. The van der Waals surface area contributed by atoms with Gasteiger partial charge in [0.2, 0.25) is 18.1 Å². The number of hydrogen-bond donors (Lipinski definition) is 1. The number of anilines is 1. The second kappa shape index (κ2) is 22.4. The summed E-state index contributed by atoms with van der Waals surface area (Å²) in [6.45, 7) is 1.74. The summed E-state index contributed by atoms with van der Waals surface area (Å²) in [4.78, 5) is 70.1. The molecule has 1 fully saturated rings. The van der Waals surface area contributed by atoms with Crippen molar-refractivity contribution in [3.8, 4) is 11.5 Å². The molecule has 0 amide bonds. The van der Waals surface area contributed by atoms with Gasteiger partial charge >= 0.3 is 23.9 Å². The molecule has 0 unspecified atom stereocenters. The van der Waals surface area contributed by atoms with Gasteiger partial charge in [-0.05, 0) is 73.2 Å². The maximum atomic E-state index is 14.3. The average Bonchev–Trinajstić information content (AvgIpc) is 3.35. The maximum absolute atomic E-state index is 14.3. The summed E-state index contributed by atoms with van der Waals surface area (Å²) < 4.78 is 45.5. The van der Waals surface area contributed by atoms with Gasteiger partial charge in [-0.15, -0.1) is 0 Å². The SMILES string of the molecule is CCCCCCCCOc1c(O[C@@H]2O[C@H](COC(=O)c3ccccc3)[C@@H](OC(=O)c3ccccc3)[C@H](OC(=O)c3ccccc3)[C@H]2OC(=O)c2ccccc2)c2ccc(N)cc2n(C)c1=O. The average molecular weight is 897 g/mol. The molecule has 5 atom stereocenters. The molecule has 1 aromatic heterocycles. The van der Waals surface area contributed by atoms with Gasteiger partial charge in [-0.25, -0.2) is 19.2 Å². The number of nitrogens with zero attached hydrogens (tertiary/aromatic N) is 1. The highest BCUT2D eigenvalue weighted by Crippen LogP contribution is 2.39. The first-order valence-electron chi connectivity index (χ1n) is 22.0. The molecule has 1 aliphatic rings. The fourth-order valence-electron chi connectivity index (χ4n) is 7.54. The van der Waals surface area contributed by atoms with Crippen LogP contribution < -0.4 is 20.8 Å². The van der Waals surface area contributed by atoms with Gasteiger partial charge in [0.05, 0.1) is 34.4 Å². The van der Waals surface area contributed by atoms with Crippen LogP contribution in [0.4, 0.5) is 5.69 Å². The summed E-state index contributed by atoms with van der Waals surface area (Å²) in [5, 5.41) is 0.378. The third kappa shape index (κ3) is 11.4. The van der Waals surface area contributed by atoms with E-state index in [0.29, 0.717) is 23.0 Å². The summed E-state index contributed by atoms with van der Waals surface area (Å²) >= 11 is 0. The first-order valence-corrected chi connectivity index (χ1v) is 22.0. The van der Waals surface area contributed by atoms with E-state index in [1.165, 1.54) is 41.0 Å². The third-order valence-corrected chi connectivity index (χ3v) is 11.0. The lowest BCUT2D eigenvalue weighted by Crippen LogP contribution is -2.64. The number of carbonyl (C=O) groups excluding carboxylic acids is 4. The molecule has 2 N–H and O–H groups in total. The Hall–Kier alpha value is -7.45. The van der Waals surface area contributed by atoms with E-state index in [2.05, 4.69) is 6.92 Å². The molecule has 1 saturated heterocycles.